The van der Waals surface area contributed by atoms with Gasteiger partial charge in [-0.1, -0.05) is 30.3 Å². The molecule has 0 aromatic heterocycles. The fourth-order valence-electron chi connectivity index (χ4n) is 0.420. The number of benzene rings is 1. The number of rotatable bonds is 0. The Labute approximate surface area is 63.9 Å². The first-order valence-electron chi connectivity index (χ1n) is 2.11. The Hall–Kier alpha value is -0.240. The van der Waals surface area contributed by atoms with Gasteiger partial charge in [0, 0.05) is 0 Å². The molecule has 0 heterocycles. The summed E-state index contributed by atoms with van der Waals surface area (Å²) in [4.78, 5) is 0. The summed E-state index contributed by atoms with van der Waals surface area (Å²) in [6.07, 6.45) is 0. The van der Waals surface area contributed by atoms with Crippen molar-refractivity contribution in [3.8, 4) is 5.75 Å². The monoisotopic (exact) mass is 290 g/mol. The van der Waals surface area contributed by atoms with Gasteiger partial charge in [-0.25, -0.2) is 0 Å². The molecule has 0 bridgehead atoms. The van der Waals surface area contributed by atoms with Crippen LogP contribution in [0.4, 0.5) is 0 Å². The second-order valence-electron chi connectivity index (χ2n) is 1.31. The van der Waals surface area contributed by atoms with Gasteiger partial charge >= 0.3 is 22.4 Å². The molecule has 0 atom stereocenters. The van der Waals surface area contributed by atoms with E-state index in [1.54, 1.807) is 12.1 Å². The number of hydrogen-bond acceptors (Lipinski definition) is 1. The molecule has 0 aliphatic heterocycles. The molecule has 0 aliphatic rings. The van der Waals surface area contributed by atoms with Gasteiger partial charge in [0.15, 0.2) is 0 Å². The Morgan fingerprint density at radius 1 is 1.00 bits per heavy atom. The molecule has 46 valence electrons. The minimum Gasteiger partial charge on any atom is -0.872 e. The molecule has 1 rings (SSSR count). The van der Waals surface area contributed by atoms with Crippen molar-refractivity contribution in [2.24, 2.45) is 0 Å². The summed E-state index contributed by atoms with van der Waals surface area (Å²) in [6.45, 7) is 0. The third kappa shape index (κ3) is 2.17. The summed E-state index contributed by atoms with van der Waals surface area (Å²) >= 11 is 0. The van der Waals surface area contributed by atoms with Gasteiger partial charge in [0.2, 0.25) is 0 Å². The fourth-order valence-corrected chi connectivity index (χ4v) is 0.420. The molecule has 0 saturated heterocycles. The van der Waals surface area contributed by atoms with E-state index in [9.17, 15) is 5.11 Å². The predicted octanol–water partition coefficient (Wildman–Crippen LogP) is 0.758. The molecule has 0 unspecified atom stereocenters. The Balaban J connectivity index is 0.000000490. The maximum atomic E-state index is 10.3. The van der Waals surface area contributed by atoms with Gasteiger partial charge < -0.3 is 5.11 Å². The van der Waals surface area contributed by atoms with Gasteiger partial charge in [0.25, 0.3) is 0 Å². The summed E-state index contributed by atoms with van der Waals surface area (Å²) < 4.78 is 0. The minimum absolute atomic E-state index is 0. The normalized spacial score (nSPS) is 7.50. The molecule has 1 aromatic carbocycles. The molecule has 2 heteroatoms. The molecule has 0 spiro atoms. The largest absolute Gasteiger partial charge is 1.00 e. The maximum Gasteiger partial charge on any atom is 1.00 e. The summed E-state index contributed by atoms with van der Waals surface area (Å²) in [7, 11) is 0. The van der Waals surface area contributed by atoms with E-state index in [0.29, 0.717) is 0 Å². The number of para-hydroxylation sites is 1. The van der Waals surface area contributed by atoms with E-state index in [0.717, 1.165) is 0 Å². The van der Waals surface area contributed by atoms with Crippen LogP contribution in [-0.2, 0) is 22.4 Å². The van der Waals surface area contributed by atoms with Crippen molar-refractivity contribution in [3.05, 3.63) is 30.3 Å². The first-order chi connectivity index (χ1) is 3.39. The molecular weight excluding hydrogens is 285 g/mol. The molecule has 0 radical (unpaired) electrons. The van der Waals surface area contributed by atoms with Crippen molar-refractivity contribution < 1.29 is 27.5 Å². The van der Waals surface area contributed by atoms with Crippen molar-refractivity contribution in [2.75, 3.05) is 0 Å². The maximum absolute atomic E-state index is 10.3. The van der Waals surface area contributed by atoms with Gasteiger partial charge in [-0.2, -0.15) is 0 Å². The molecule has 0 saturated carbocycles. The molecule has 1 aromatic rings. The Kier molecular flexibility index (Phi) is 3.61. The molecule has 0 amide bonds. The van der Waals surface area contributed by atoms with Crippen LogP contribution in [0.1, 0.15) is 0 Å². The van der Waals surface area contributed by atoms with Crippen LogP contribution >= 0.6 is 0 Å². The van der Waals surface area contributed by atoms with Crippen LogP contribution in [0.25, 0.3) is 0 Å². The summed E-state index contributed by atoms with van der Waals surface area (Å²) in [6, 6.07) is 8.33. The first kappa shape index (κ1) is 7.76. The predicted molar refractivity (Wildman–Crippen MR) is 25.9 cm³/mol. The molecule has 0 aliphatic carbocycles. The SMILES string of the molecule is [Au+].[O-]c1ccccc1. The zero-order chi connectivity index (χ0) is 5.11. The van der Waals surface area contributed by atoms with Crippen LogP contribution in [0, 0.1) is 0 Å². The first-order valence-corrected chi connectivity index (χ1v) is 2.11. The van der Waals surface area contributed by atoms with Gasteiger partial charge in [-0.05, 0) is 0 Å². The van der Waals surface area contributed by atoms with Crippen molar-refractivity contribution in [2.45, 2.75) is 0 Å². The standard InChI is InChI=1S/C6H6O.Au/c7-6-4-2-1-3-5-6;/h1-5,7H;/q;+1/p-1. The van der Waals surface area contributed by atoms with E-state index in [1.165, 1.54) is 12.1 Å². The van der Waals surface area contributed by atoms with Crippen molar-refractivity contribution in [1.82, 2.24) is 0 Å². The third-order valence-electron chi connectivity index (χ3n) is 0.743. The fraction of sp³-hybridized carbons (Fsp3) is 0. The molecular formula is C6H5AuO. The zero-order valence-electron chi connectivity index (χ0n) is 4.10. The van der Waals surface area contributed by atoms with E-state index in [-0.39, 0.29) is 28.1 Å². The van der Waals surface area contributed by atoms with Crippen molar-refractivity contribution in [1.29, 1.82) is 0 Å². The van der Waals surface area contributed by atoms with Crippen LogP contribution < -0.4 is 5.11 Å². The minimum atomic E-state index is 0. The third-order valence-corrected chi connectivity index (χ3v) is 0.743. The number of hydrogen-bond donors (Lipinski definition) is 0. The average Bonchev–Trinajstić information content (AvgIpc) is 1.69. The van der Waals surface area contributed by atoms with Crippen LogP contribution in [-0.4, -0.2) is 0 Å². The second-order valence-corrected chi connectivity index (χ2v) is 1.31. The van der Waals surface area contributed by atoms with E-state index in [4.69, 9.17) is 0 Å². The quantitative estimate of drug-likeness (QED) is 0.647. The summed E-state index contributed by atoms with van der Waals surface area (Å²) in [5.74, 6) is 0.0718. The van der Waals surface area contributed by atoms with E-state index in [1.807, 2.05) is 6.07 Å². The van der Waals surface area contributed by atoms with E-state index >= 15 is 0 Å². The summed E-state index contributed by atoms with van der Waals surface area (Å²) in [5, 5.41) is 10.3. The zero-order valence-corrected chi connectivity index (χ0v) is 6.26. The van der Waals surface area contributed by atoms with Gasteiger partial charge in [0.05, 0.1) is 0 Å². The van der Waals surface area contributed by atoms with Crippen LogP contribution in [0.5, 0.6) is 5.75 Å². The Morgan fingerprint density at radius 3 is 1.75 bits per heavy atom. The second kappa shape index (κ2) is 3.72. The molecule has 0 fully saturated rings. The van der Waals surface area contributed by atoms with Crippen LogP contribution in [0.3, 0.4) is 0 Å². The van der Waals surface area contributed by atoms with E-state index < -0.39 is 0 Å². The van der Waals surface area contributed by atoms with Crippen molar-refractivity contribution >= 4 is 0 Å². The average molecular weight is 290 g/mol. The van der Waals surface area contributed by atoms with Crippen LogP contribution in [0.15, 0.2) is 30.3 Å². The van der Waals surface area contributed by atoms with Gasteiger partial charge in [-0.15, -0.1) is 5.75 Å². The topological polar surface area (TPSA) is 23.1 Å². The van der Waals surface area contributed by atoms with Crippen molar-refractivity contribution in [3.63, 3.8) is 0 Å². The Bertz CT molecular complexity index is 138. The van der Waals surface area contributed by atoms with Crippen LogP contribution in [0.2, 0.25) is 0 Å². The summed E-state index contributed by atoms with van der Waals surface area (Å²) in [5.41, 5.74) is 0. The molecule has 0 N–H and O–H groups in total. The van der Waals surface area contributed by atoms with E-state index in [2.05, 4.69) is 0 Å². The van der Waals surface area contributed by atoms with Gasteiger partial charge in [-0.3, -0.25) is 0 Å². The van der Waals surface area contributed by atoms with Gasteiger partial charge in [0.1, 0.15) is 0 Å². The molecule has 1 nitrogen and oxygen atoms in total. The Morgan fingerprint density at radius 2 is 1.50 bits per heavy atom. The smallest absolute Gasteiger partial charge is 0.872 e. The molecule has 8 heavy (non-hydrogen) atoms.